The minimum atomic E-state index is -5.33. The van der Waals surface area contributed by atoms with Crippen LogP contribution in [0.4, 0.5) is 18.0 Å². The normalized spacial score (nSPS) is 14.9. The van der Waals surface area contributed by atoms with Crippen molar-refractivity contribution in [1.82, 2.24) is 5.32 Å². The number of nitrogens with one attached hydrogen (secondary N) is 1. The Morgan fingerprint density at radius 3 is 2.11 bits per heavy atom. The minimum absolute atomic E-state index is 0.0511. The van der Waals surface area contributed by atoms with E-state index in [9.17, 15) is 26.4 Å². The molecule has 0 saturated heterocycles. The van der Waals surface area contributed by atoms with Crippen LogP contribution in [0, 0.1) is 0 Å². The zero-order chi connectivity index (χ0) is 15.5. The lowest BCUT2D eigenvalue weighted by Crippen LogP contribution is -2.54. The van der Waals surface area contributed by atoms with E-state index in [-0.39, 0.29) is 6.61 Å². The molecule has 1 unspecified atom stereocenters. The van der Waals surface area contributed by atoms with Gasteiger partial charge in [-0.3, -0.25) is 0 Å². The largest absolute Gasteiger partial charge is 0.497 e. The van der Waals surface area contributed by atoms with E-state index in [1.54, 1.807) is 0 Å². The highest BCUT2D eigenvalue weighted by Gasteiger charge is 2.54. The molecular formula is C9H18F3NO4SSi. The van der Waals surface area contributed by atoms with Crippen LogP contribution in [-0.2, 0) is 14.6 Å². The first-order valence-electron chi connectivity index (χ1n) is 5.54. The second kappa shape index (κ2) is 6.12. The average Bonchev–Trinajstić information content (AvgIpc) is 2.13. The van der Waals surface area contributed by atoms with Gasteiger partial charge in [-0.05, 0) is 6.92 Å². The number of alkyl carbamates (subject to hydrolysis) is 1. The van der Waals surface area contributed by atoms with E-state index in [4.69, 9.17) is 0 Å². The Morgan fingerprint density at radius 2 is 1.79 bits per heavy atom. The Hall–Kier alpha value is -0.773. The lowest BCUT2D eigenvalue weighted by atomic mass is 10.7. The summed E-state index contributed by atoms with van der Waals surface area (Å²) in [6.07, 6.45) is -0.928. The van der Waals surface area contributed by atoms with E-state index >= 15 is 0 Å². The van der Waals surface area contributed by atoms with Crippen LogP contribution in [0.3, 0.4) is 0 Å². The van der Waals surface area contributed by atoms with E-state index in [0.717, 1.165) is 0 Å². The SMILES string of the molecule is CCOC(=O)NCC([Si](C)(C)C)S(=O)(=O)C(F)(F)F. The standard InChI is InChI=1S/C9H18F3NO4SSi/c1-5-17-8(14)13-6-7(19(2,3)4)18(15,16)9(10,11)12/h7H,5-6H2,1-4H3,(H,13,14). The van der Waals surface area contributed by atoms with Crippen LogP contribution >= 0.6 is 0 Å². The highest BCUT2D eigenvalue weighted by Crippen LogP contribution is 2.31. The van der Waals surface area contributed by atoms with Crippen LogP contribution in [0.5, 0.6) is 0 Å². The first-order valence-corrected chi connectivity index (χ1v) is 10.7. The number of sulfone groups is 1. The van der Waals surface area contributed by atoms with Crippen LogP contribution in [0.15, 0.2) is 0 Å². The van der Waals surface area contributed by atoms with E-state index in [1.807, 2.05) is 0 Å². The molecule has 0 saturated carbocycles. The topological polar surface area (TPSA) is 72.5 Å². The van der Waals surface area contributed by atoms with Gasteiger partial charge in [0.15, 0.2) is 0 Å². The summed E-state index contributed by atoms with van der Waals surface area (Å²) in [6.45, 7) is 5.46. The predicted octanol–water partition coefficient (Wildman–Crippen LogP) is 1.91. The van der Waals surface area contributed by atoms with Gasteiger partial charge in [-0.2, -0.15) is 13.2 Å². The van der Waals surface area contributed by atoms with Crippen molar-refractivity contribution in [3.05, 3.63) is 0 Å². The summed E-state index contributed by atoms with van der Waals surface area (Å²) in [5, 5.41) is 2.06. The Kier molecular flexibility index (Phi) is 5.87. The summed E-state index contributed by atoms with van der Waals surface area (Å²) in [7, 11) is -8.02. The van der Waals surface area contributed by atoms with E-state index in [0.29, 0.717) is 0 Å². The van der Waals surface area contributed by atoms with Gasteiger partial charge in [0.05, 0.1) is 19.6 Å². The van der Waals surface area contributed by atoms with Crippen molar-refractivity contribution < 1.29 is 31.1 Å². The van der Waals surface area contributed by atoms with Crippen LogP contribution in [0.2, 0.25) is 19.6 Å². The number of carbonyl (C=O) groups excluding carboxylic acids is 1. The molecule has 0 aromatic carbocycles. The highest BCUT2D eigenvalue weighted by atomic mass is 32.2. The van der Waals surface area contributed by atoms with E-state index in [1.165, 1.54) is 26.6 Å². The lowest BCUT2D eigenvalue weighted by molar-refractivity contribution is -0.0439. The molecule has 19 heavy (non-hydrogen) atoms. The second-order valence-corrected chi connectivity index (χ2v) is 12.9. The molecule has 1 N–H and O–H groups in total. The van der Waals surface area contributed by atoms with Crippen molar-refractivity contribution in [3.63, 3.8) is 0 Å². The molecule has 0 aromatic heterocycles. The van der Waals surface area contributed by atoms with Crippen molar-refractivity contribution >= 4 is 24.0 Å². The maximum Gasteiger partial charge on any atom is 0.497 e. The highest BCUT2D eigenvalue weighted by molar-refractivity contribution is 7.94. The molecule has 10 heteroatoms. The molecule has 1 atom stereocenters. The number of halogens is 3. The summed E-state index contributed by atoms with van der Waals surface area (Å²) in [4.78, 5) is 9.41. The molecule has 0 radical (unpaired) electrons. The number of ether oxygens (including phenoxy) is 1. The number of alkyl halides is 3. The molecule has 5 nitrogen and oxygen atoms in total. The number of hydrogen-bond acceptors (Lipinski definition) is 4. The molecule has 0 aliphatic rings. The maximum absolute atomic E-state index is 12.6. The molecule has 0 aromatic rings. The summed E-state index contributed by atoms with van der Waals surface area (Å²) < 4.78 is 65.2. The summed E-state index contributed by atoms with van der Waals surface area (Å²) in [6, 6.07) is 0. The van der Waals surface area contributed by atoms with Crippen molar-refractivity contribution in [2.24, 2.45) is 0 Å². The van der Waals surface area contributed by atoms with Crippen LogP contribution in [0.25, 0.3) is 0 Å². The van der Waals surface area contributed by atoms with Crippen molar-refractivity contribution in [1.29, 1.82) is 0 Å². The molecule has 0 rings (SSSR count). The fraction of sp³-hybridized carbons (Fsp3) is 0.889. The third-order valence-corrected chi connectivity index (χ3v) is 9.12. The Morgan fingerprint density at radius 1 is 1.32 bits per heavy atom. The smallest absolute Gasteiger partial charge is 0.450 e. The zero-order valence-corrected chi connectivity index (χ0v) is 13.0. The fourth-order valence-electron chi connectivity index (χ4n) is 1.40. The van der Waals surface area contributed by atoms with Crippen LogP contribution < -0.4 is 5.32 Å². The van der Waals surface area contributed by atoms with Gasteiger partial charge < -0.3 is 10.1 Å². The number of hydrogen-bond donors (Lipinski definition) is 1. The molecule has 0 spiro atoms. The second-order valence-electron chi connectivity index (χ2n) is 4.95. The summed E-state index contributed by atoms with van der Waals surface area (Å²) in [5.74, 6) is 0. The first kappa shape index (κ1) is 18.2. The summed E-state index contributed by atoms with van der Waals surface area (Å²) >= 11 is 0. The third-order valence-electron chi connectivity index (χ3n) is 2.37. The van der Waals surface area contributed by atoms with Gasteiger partial charge in [0.2, 0.25) is 9.84 Å². The maximum atomic E-state index is 12.6. The molecule has 1 amide bonds. The molecule has 0 fully saturated rings. The number of carbonyl (C=O) groups is 1. The van der Waals surface area contributed by atoms with Crippen molar-refractivity contribution in [2.45, 2.75) is 36.9 Å². The predicted molar refractivity (Wildman–Crippen MR) is 67.1 cm³/mol. The number of amides is 1. The third kappa shape index (κ3) is 5.01. The van der Waals surface area contributed by atoms with Gasteiger partial charge in [0.25, 0.3) is 0 Å². The van der Waals surface area contributed by atoms with Gasteiger partial charge in [-0.25, -0.2) is 13.2 Å². The molecule has 0 aliphatic heterocycles. The minimum Gasteiger partial charge on any atom is -0.450 e. The van der Waals surface area contributed by atoms with E-state index < -0.39 is 40.9 Å². The Balaban J connectivity index is 5.13. The quantitative estimate of drug-likeness (QED) is 0.785. The van der Waals surface area contributed by atoms with E-state index in [2.05, 4.69) is 10.1 Å². The summed E-state index contributed by atoms with van der Waals surface area (Å²) in [5.41, 5.74) is -5.33. The number of rotatable bonds is 5. The van der Waals surface area contributed by atoms with Crippen molar-refractivity contribution in [2.75, 3.05) is 13.2 Å². The van der Waals surface area contributed by atoms with Gasteiger partial charge in [-0.15, -0.1) is 0 Å². The molecular weight excluding hydrogens is 303 g/mol. The first-order chi connectivity index (χ1) is 8.34. The van der Waals surface area contributed by atoms with Gasteiger partial charge in [0, 0.05) is 6.54 Å². The van der Waals surface area contributed by atoms with Crippen molar-refractivity contribution in [3.8, 4) is 0 Å². The van der Waals surface area contributed by atoms with Crippen LogP contribution in [-0.4, -0.2) is 46.1 Å². The molecule has 0 bridgehead atoms. The average molecular weight is 321 g/mol. The fourth-order valence-corrected chi connectivity index (χ4v) is 6.87. The van der Waals surface area contributed by atoms with Gasteiger partial charge in [-0.1, -0.05) is 19.6 Å². The Bertz CT molecular complexity index is 416. The van der Waals surface area contributed by atoms with Gasteiger partial charge in [0.1, 0.15) is 0 Å². The molecule has 0 aliphatic carbocycles. The molecule has 114 valence electrons. The van der Waals surface area contributed by atoms with Gasteiger partial charge >= 0.3 is 11.6 Å². The lowest BCUT2D eigenvalue weighted by Gasteiger charge is -2.29. The monoisotopic (exact) mass is 321 g/mol. The zero-order valence-electron chi connectivity index (χ0n) is 11.2. The molecule has 0 heterocycles. The Labute approximate surface area is 111 Å². The van der Waals surface area contributed by atoms with Crippen LogP contribution in [0.1, 0.15) is 6.92 Å².